The Morgan fingerprint density at radius 3 is 2.64 bits per heavy atom. The molecule has 1 unspecified atom stereocenters. The second-order valence-electron chi connectivity index (χ2n) is 8.75. The minimum atomic E-state index is -3.89. The highest BCUT2D eigenvalue weighted by molar-refractivity contribution is 7.89. The van der Waals surface area contributed by atoms with Crippen LogP contribution >= 0.6 is 11.3 Å². The van der Waals surface area contributed by atoms with E-state index in [2.05, 4.69) is 15.3 Å². The van der Waals surface area contributed by atoms with Gasteiger partial charge < -0.3 is 14.8 Å². The summed E-state index contributed by atoms with van der Waals surface area (Å²) < 4.78 is 28.9. The average molecular weight is 495 g/mol. The number of carbonyl (C=O) groups excluding carboxylic acids is 2. The zero-order valence-electron chi connectivity index (χ0n) is 18.9. The Balaban J connectivity index is 1.50. The number of carbonyl (C=O) groups is 2. The van der Waals surface area contributed by atoms with Crippen molar-refractivity contribution in [2.45, 2.75) is 56.5 Å². The molecule has 2 aliphatic rings. The van der Waals surface area contributed by atoms with Crippen LogP contribution < -0.4 is 5.32 Å². The van der Waals surface area contributed by atoms with Crippen LogP contribution in [0.4, 0.5) is 5.13 Å². The van der Waals surface area contributed by atoms with E-state index in [0.29, 0.717) is 23.3 Å². The summed E-state index contributed by atoms with van der Waals surface area (Å²) in [6, 6.07) is -0.647. The number of nitrogens with one attached hydrogen (secondary N) is 1. The summed E-state index contributed by atoms with van der Waals surface area (Å²) in [6.45, 7) is 1.70. The van der Waals surface area contributed by atoms with Gasteiger partial charge in [-0.1, -0.05) is 32.1 Å². The average Bonchev–Trinajstić information content (AvgIpc) is 3.42. The Morgan fingerprint density at radius 2 is 2.03 bits per heavy atom. The highest BCUT2D eigenvalue weighted by Crippen LogP contribution is 2.30. The lowest BCUT2D eigenvalue weighted by Crippen LogP contribution is -2.58. The lowest BCUT2D eigenvalue weighted by atomic mass is 9.84. The monoisotopic (exact) mass is 494 g/mol. The van der Waals surface area contributed by atoms with Crippen molar-refractivity contribution in [1.29, 1.82) is 0 Å². The number of hydrogen-bond acceptors (Lipinski definition) is 7. The first-order valence-electron chi connectivity index (χ1n) is 11.3. The number of amides is 2. The molecule has 3 heterocycles. The predicted molar refractivity (Wildman–Crippen MR) is 124 cm³/mol. The fourth-order valence-electron chi connectivity index (χ4n) is 4.57. The SMILES string of the molecule is Cc1nc(S(=O)(=O)N2CCN(C(CC3CCCCC3)C(=O)Nc3nccs3)C(=O)C2)cn1C. The summed E-state index contributed by atoms with van der Waals surface area (Å²) in [5.41, 5.74) is 0. The molecule has 2 amide bonds. The molecule has 12 heteroatoms. The second-order valence-corrected chi connectivity index (χ2v) is 11.5. The molecule has 10 nitrogen and oxygen atoms in total. The van der Waals surface area contributed by atoms with Gasteiger partial charge in [-0.25, -0.2) is 18.4 Å². The van der Waals surface area contributed by atoms with Gasteiger partial charge in [-0.15, -0.1) is 11.3 Å². The number of nitrogens with zero attached hydrogens (tertiary/aromatic N) is 5. The summed E-state index contributed by atoms with van der Waals surface area (Å²) in [6.07, 6.45) is 9.21. The van der Waals surface area contributed by atoms with E-state index in [9.17, 15) is 18.0 Å². The zero-order valence-corrected chi connectivity index (χ0v) is 20.6. The summed E-state index contributed by atoms with van der Waals surface area (Å²) in [7, 11) is -2.17. The molecule has 0 bridgehead atoms. The quantitative estimate of drug-likeness (QED) is 0.629. The van der Waals surface area contributed by atoms with Gasteiger partial charge in [-0.3, -0.25) is 9.59 Å². The first-order valence-corrected chi connectivity index (χ1v) is 13.6. The molecular weight excluding hydrogens is 464 g/mol. The molecule has 4 rings (SSSR count). The Labute approximate surface area is 198 Å². The van der Waals surface area contributed by atoms with Crippen molar-refractivity contribution in [2.75, 3.05) is 25.0 Å². The van der Waals surface area contributed by atoms with Crippen molar-refractivity contribution in [3.05, 3.63) is 23.6 Å². The molecule has 0 aromatic carbocycles. The van der Waals surface area contributed by atoms with Crippen LogP contribution in [-0.4, -0.2) is 69.6 Å². The fraction of sp³-hybridized carbons (Fsp3) is 0.619. The van der Waals surface area contributed by atoms with Crippen molar-refractivity contribution in [1.82, 2.24) is 23.7 Å². The molecule has 1 atom stereocenters. The van der Waals surface area contributed by atoms with Crippen LogP contribution in [0.1, 0.15) is 44.3 Å². The summed E-state index contributed by atoms with van der Waals surface area (Å²) in [5.74, 6) is 0.315. The summed E-state index contributed by atoms with van der Waals surface area (Å²) in [4.78, 5) is 36.1. The molecule has 1 aliphatic heterocycles. The minimum Gasteiger partial charge on any atom is -0.337 e. The maximum Gasteiger partial charge on any atom is 0.262 e. The van der Waals surface area contributed by atoms with Crippen molar-refractivity contribution in [3.8, 4) is 0 Å². The highest BCUT2D eigenvalue weighted by Gasteiger charge is 2.40. The van der Waals surface area contributed by atoms with Gasteiger partial charge in [0, 0.05) is 37.9 Å². The minimum absolute atomic E-state index is 0.0657. The number of aryl methyl sites for hydroxylation is 2. The summed E-state index contributed by atoms with van der Waals surface area (Å²) >= 11 is 1.32. The Bertz CT molecular complexity index is 1070. The van der Waals surface area contributed by atoms with E-state index in [1.165, 1.54) is 24.0 Å². The van der Waals surface area contributed by atoms with Crippen molar-refractivity contribution in [2.24, 2.45) is 13.0 Å². The Hall–Kier alpha value is -2.31. The van der Waals surface area contributed by atoms with Gasteiger partial charge in [-0.05, 0) is 19.3 Å². The molecule has 1 N–H and O–H groups in total. The largest absolute Gasteiger partial charge is 0.337 e. The van der Waals surface area contributed by atoms with Crippen LogP contribution in [-0.2, 0) is 26.7 Å². The molecule has 180 valence electrons. The van der Waals surface area contributed by atoms with E-state index >= 15 is 0 Å². The van der Waals surface area contributed by atoms with Crippen LogP contribution in [0, 0.1) is 12.8 Å². The lowest BCUT2D eigenvalue weighted by Gasteiger charge is -2.39. The van der Waals surface area contributed by atoms with E-state index in [0.717, 1.165) is 30.0 Å². The Kier molecular flexibility index (Phi) is 7.15. The Morgan fingerprint density at radius 1 is 1.27 bits per heavy atom. The third-order valence-corrected chi connectivity index (χ3v) is 8.94. The number of piperazine rings is 1. The molecule has 1 saturated heterocycles. The van der Waals surface area contributed by atoms with E-state index in [4.69, 9.17) is 0 Å². The standard InChI is InChI=1S/C21H30N6O4S2/c1-15-23-18(13-25(15)2)33(30,31)26-9-10-27(19(28)14-26)17(12-16-6-4-3-5-7-16)20(29)24-21-22-8-11-32-21/h8,11,13,16-17H,3-7,9-10,12,14H2,1-2H3,(H,22,24,29). The number of imidazole rings is 1. The molecule has 2 fully saturated rings. The molecule has 0 spiro atoms. The van der Waals surface area contributed by atoms with E-state index < -0.39 is 16.1 Å². The van der Waals surface area contributed by atoms with Gasteiger partial charge in [0.15, 0.2) is 10.2 Å². The van der Waals surface area contributed by atoms with Gasteiger partial charge in [0.2, 0.25) is 11.8 Å². The third-order valence-electron chi connectivity index (χ3n) is 6.54. The van der Waals surface area contributed by atoms with Crippen molar-refractivity contribution in [3.63, 3.8) is 0 Å². The first kappa shape index (κ1) is 23.8. The van der Waals surface area contributed by atoms with Crippen LogP contribution in [0.5, 0.6) is 0 Å². The molecule has 1 saturated carbocycles. The zero-order chi connectivity index (χ0) is 23.6. The van der Waals surface area contributed by atoms with Crippen molar-refractivity contribution >= 4 is 38.3 Å². The number of thiazole rings is 1. The number of hydrogen-bond donors (Lipinski definition) is 1. The maximum atomic E-state index is 13.2. The lowest BCUT2D eigenvalue weighted by molar-refractivity contribution is -0.142. The molecule has 1 aliphatic carbocycles. The van der Waals surface area contributed by atoms with Crippen LogP contribution in [0.25, 0.3) is 0 Å². The molecule has 0 radical (unpaired) electrons. The highest BCUT2D eigenvalue weighted by atomic mass is 32.2. The topological polar surface area (TPSA) is 118 Å². The predicted octanol–water partition coefficient (Wildman–Crippen LogP) is 2.00. The number of sulfonamides is 1. The smallest absolute Gasteiger partial charge is 0.262 e. The number of aromatic nitrogens is 3. The fourth-order valence-corrected chi connectivity index (χ4v) is 6.51. The first-order chi connectivity index (χ1) is 15.8. The van der Waals surface area contributed by atoms with Gasteiger partial charge in [0.1, 0.15) is 11.9 Å². The van der Waals surface area contributed by atoms with Crippen molar-refractivity contribution < 1.29 is 18.0 Å². The molecule has 2 aromatic heterocycles. The van der Waals surface area contributed by atoms with E-state index in [1.54, 1.807) is 35.0 Å². The van der Waals surface area contributed by atoms with Crippen LogP contribution in [0.3, 0.4) is 0 Å². The molecule has 33 heavy (non-hydrogen) atoms. The number of anilines is 1. The molecular formula is C21H30N6O4S2. The maximum absolute atomic E-state index is 13.2. The normalized spacial score (nSPS) is 19.6. The van der Waals surface area contributed by atoms with E-state index in [-0.39, 0.29) is 36.5 Å². The van der Waals surface area contributed by atoms with Gasteiger partial charge in [-0.2, -0.15) is 4.31 Å². The summed E-state index contributed by atoms with van der Waals surface area (Å²) in [5, 5.41) is 5.04. The van der Waals surface area contributed by atoms with Gasteiger partial charge in [0.05, 0.1) is 6.54 Å². The number of rotatable bonds is 7. The van der Waals surface area contributed by atoms with E-state index in [1.807, 2.05) is 0 Å². The van der Waals surface area contributed by atoms with Crippen LogP contribution in [0.2, 0.25) is 0 Å². The van der Waals surface area contributed by atoms with Gasteiger partial charge in [0.25, 0.3) is 10.0 Å². The molecule has 2 aromatic rings. The third kappa shape index (κ3) is 5.28. The second kappa shape index (κ2) is 9.90. The van der Waals surface area contributed by atoms with Crippen LogP contribution in [0.15, 0.2) is 22.8 Å². The van der Waals surface area contributed by atoms with Gasteiger partial charge >= 0.3 is 0 Å².